The van der Waals surface area contributed by atoms with Crippen LogP contribution >= 0.6 is 0 Å². The second kappa shape index (κ2) is 7.48. The van der Waals surface area contributed by atoms with Crippen molar-refractivity contribution >= 4 is 17.5 Å². The molecular formula is C21H18N2O5. The van der Waals surface area contributed by atoms with Crippen molar-refractivity contribution in [3.8, 4) is 11.5 Å². The molecule has 0 saturated carbocycles. The van der Waals surface area contributed by atoms with Crippen LogP contribution < -0.4 is 20.1 Å². The number of amides is 2. The van der Waals surface area contributed by atoms with Crippen LogP contribution in [0.5, 0.6) is 11.5 Å². The molecule has 142 valence electrons. The number of anilines is 1. The first-order valence-electron chi connectivity index (χ1n) is 8.72. The first kappa shape index (κ1) is 17.7. The molecular weight excluding hydrogens is 360 g/mol. The number of hydrogen-bond donors (Lipinski definition) is 2. The lowest BCUT2D eigenvalue weighted by Crippen LogP contribution is -2.23. The molecule has 0 atom stereocenters. The summed E-state index contributed by atoms with van der Waals surface area (Å²) >= 11 is 0. The van der Waals surface area contributed by atoms with Crippen LogP contribution in [0, 0.1) is 6.92 Å². The zero-order valence-corrected chi connectivity index (χ0v) is 15.2. The van der Waals surface area contributed by atoms with E-state index >= 15 is 0 Å². The molecule has 2 N–H and O–H groups in total. The molecule has 0 unspecified atom stereocenters. The van der Waals surface area contributed by atoms with Gasteiger partial charge < -0.3 is 24.5 Å². The van der Waals surface area contributed by atoms with Crippen LogP contribution in [0.4, 0.5) is 5.69 Å². The van der Waals surface area contributed by atoms with Crippen LogP contribution in [0.3, 0.4) is 0 Å². The Balaban J connectivity index is 1.43. The van der Waals surface area contributed by atoms with E-state index in [-0.39, 0.29) is 24.4 Å². The van der Waals surface area contributed by atoms with Crippen LogP contribution in [-0.4, -0.2) is 18.6 Å². The maximum atomic E-state index is 12.5. The van der Waals surface area contributed by atoms with Crippen molar-refractivity contribution in [1.82, 2.24) is 5.32 Å². The summed E-state index contributed by atoms with van der Waals surface area (Å²) in [6, 6.07) is 13.9. The molecule has 4 rings (SSSR count). The summed E-state index contributed by atoms with van der Waals surface area (Å²) in [7, 11) is 0. The number of carbonyl (C=O) groups is 2. The summed E-state index contributed by atoms with van der Waals surface area (Å²) in [6.07, 6.45) is 1.43. The fourth-order valence-corrected chi connectivity index (χ4v) is 2.82. The van der Waals surface area contributed by atoms with Gasteiger partial charge in [0, 0.05) is 17.8 Å². The third-order valence-electron chi connectivity index (χ3n) is 4.38. The Morgan fingerprint density at radius 2 is 1.86 bits per heavy atom. The molecule has 0 saturated heterocycles. The molecule has 28 heavy (non-hydrogen) atoms. The zero-order valence-electron chi connectivity index (χ0n) is 15.2. The van der Waals surface area contributed by atoms with Crippen molar-refractivity contribution in [3.05, 3.63) is 77.2 Å². The lowest BCUT2D eigenvalue weighted by atomic mass is 10.1. The molecule has 1 aliphatic rings. The molecule has 0 spiro atoms. The molecule has 3 aromatic rings. The third kappa shape index (κ3) is 3.68. The van der Waals surface area contributed by atoms with Gasteiger partial charge in [-0.25, -0.2) is 0 Å². The maximum Gasteiger partial charge on any atom is 0.291 e. The zero-order chi connectivity index (χ0) is 19.5. The first-order valence-corrected chi connectivity index (χ1v) is 8.72. The minimum atomic E-state index is -0.369. The Morgan fingerprint density at radius 1 is 1.00 bits per heavy atom. The van der Waals surface area contributed by atoms with E-state index in [0.717, 1.165) is 11.1 Å². The Hall–Kier alpha value is -3.74. The van der Waals surface area contributed by atoms with E-state index in [9.17, 15) is 9.59 Å². The summed E-state index contributed by atoms with van der Waals surface area (Å²) < 4.78 is 15.7. The van der Waals surface area contributed by atoms with Crippen LogP contribution in [0.25, 0.3) is 0 Å². The Kier molecular flexibility index (Phi) is 4.72. The van der Waals surface area contributed by atoms with Crippen LogP contribution in [0.2, 0.25) is 0 Å². The van der Waals surface area contributed by atoms with Crippen molar-refractivity contribution in [2.24, 2.45) is 0 Å². The average Bonchev–Trinajstić information content (AvgIpc) is 3.39. The van der Waals surface area contributed by atoms with Crippen molar-refractivity contribution in [2.75, 3.05) is 12.1 Å². The van der Waals surface area contributed by atoms with E-state index in [1.807, 2.05) is 25.1 Å². The van der Waals surface area contributed by atoms with Crippen molar-refractivity contribution in [2.45, 2.75) is 13.5 Å². The highest BCUT2D eigenvalue weighted by molar-refractivity contribution is 6.03. The Morgan fingerprint density at radius 3 is 2.68 bits per heavy atom. The molecule has 2 aromatic carbocycles. The predicted molar refractivity (Wildman–Crippen MR) is 102 cm³/mol. The average molecular weight is 378 g/mol. The molecule has 1 aromatic heterocycles. The van der Waals surface area contributed by atoms with Crippen molar-refractivity contribution in [1.29, 1.82) is 0 Å². The highest BCUT2D eigenvalue weighted by Crippen LogP contribution is 2.32. The van der Waals surface area contributed by atoms with Gasteiger partial charge in [0.1, 0.15) is 0 Å². The minimum absolute atomic E-state index is 0.206. The number of aryl methyl sites for hydroxylation is 1. The molecule has 0 bridgehead atoms. The predicted octanol–water partition coefficient (Wildman–Crippen LogP) is 3.50. The molecule has 0 aliphatic carbocycles. The van der Waals surface area contributed by atoms with Gasteiger partial charge in [0.05, 0.1) is 6.26 Å². The minimum Gasteiger partial charge on any atom is -0.459 e. The van der Waals surface area contributed by atoms with Gasteiger partial charge in [-0.3, -0.25) is 9.59 Å². The molecule has 2 amide bonds. The van der Waals surface area contributed by atoms with Gasteiger partial charge in [-0.2, -0.15) is 0 Å². The molecule has 7 heteroatoms. The number of furan rings is 1. The van der Waals surface area contributed by atoms with E-state index in [1.54, 1.807) is 30.3 Å². The molecule has 0 fully saturated rings. The van der Waals surface area contributed by atoms with Gasteiger partial charge in [0.25, 0.3) is 11.8 Å². The summed E-state index contributed by atoms with van der Waals surface area (Å²) in [5.74, 6) is 0.963. The van der Waals surface area contributed by atoms with E-state index in [1.165, 1.54) is 6.26 Å². The smallest absolute Gasteiger partial charge is 0.291 e. The Labute approximate surface area is 161 Å². The van der Waals surface area contributed by atoms with Crippen LogP contribution in [-0.2, 0) is 6.54 Å². The lowest BCUT2D eigenvalue weighted by Gasteiger charge is -2.11. The number of benzene rings is 2. The summed E-state index contributed by atoms with van der Waals surface area (Å²) in [6.45, 7) is 2.41. The maximum absolute atomic E-state index is 12.5. The number of hydrogen-bond acceptors (Lipinski definition) is 5. The van der Waals surface area contributed by atoms with E-state index < -0.39 is 0 Å². The third-order valence-corrected chi connectivity index (χ3v) is 4.38. The topological polar surface area (TPSA) is 89.8 Å². The van der Waals surface area contributed by atoms with Gasteiger partial charge >= 0.3 is 0 Å². The van der Waals surface area contributed by atoms with Gasteiger partial charge in [0.2, 0.25) is 6.79 Å². The number of ether oxygens (including phenoxy) is 2. The second-order valence-corrected chi connectivity index (χ2v) is 6.33. The largest absolute Gasteiger partial charge is 0.459 e. The fraction of sp³-hybridized carbons (Fsp3) is 0.143. The molecule has 2 heterocycles. The summed E-state index contributed by atoms with van der Waals surface area (Å²) in [5.41, 5.74) is 2.74. The molecule has 1 aliphatic heterocycles. The van der Waals surface area contributed by atoms with Gasteiger partial charge in [-0.15, -0.1) is 0 Å². The van der Waals surface area contributed by atoms with E-state index in [2.05, 4.69) is 10.6 Å². The highest BCUT2D eigenvalue weighted by atomic mass is 16.7. The number of rotatable bonds is 5. The van der Waals surface area contributed by atoms with Crippen molar-refractivity contribution < 1.29 is 23.5 Å². The second-order valence-electron chi connectivity index (χ2n) is 6.33. The summed E-state index contributed by atoms with van der Waals surface area (Å²) in [4.78, 5) is 24.7. The van der Waals surface area contributed by atoms with Gasteiger partial charge in [-0.1, -0.05) is 12.1 Å². The number of fused-ring (bicyclic) bond motifs is 1. The van der Waals surface area contributed by atoms with Gasteiger partial charge in [0.15, 0.2) is 17.3 Å². The monoisotopic (exact) mass is 378 g/mol. The molecule has 7 nitrogen and oxygen atoms in total. The Bertz CT molecular complexity index is 1030. The molecule has 0 radical (unpaired) electrons. The normalized spacial score (nSPS) is 11.9. The SMILES string of the molecule is Cc1ccc(C(=O)NCc2ccc3c(c2)OCO3)cc1NC(=O)c1ccco1. The van der Waals surface area contributed by atoms with Gasteiger partial charge in [-0.05, 0) is 54.4 Å². The lowest BCUT2D eigenvalue weighted by molar-refractivity contribution is 0.0949. The fourth-order valence-electron chi connectivity index (χ4n) is 2.82. The van der Waals surface area contributed by atoms with E-state index in [4.69, 9.17) is 13.9 Å². The quantitative estimate of drug-likeness (QED) is 0.709. The van der Waals surface area contributed by atoms with Crippen LogP contribution in [0.15, 0.2) is 59.2 Å². The van der Waals surface area contributed by atoms with E-state index in [0.29, 0.717) is 29.3 Å². The summed E-state index contributed by atoms with van der Waals surface area (Å²) in [5, 5.41) is 5.63. The number of carbonyl (C=O) groups excluding carboxylic acids is 2. The van der Waals surface area contributed by atoms with Crippen LogP contribution in [0.1, 0.15) is 32.0 Å². The number of nitrogens with one attached hydrogen (secondary N) is 2. The standard InChI is InChI=1S/C21H18N2O5/c1-13-4-6-15(10-16(13)23-21(25)18-3-2-8-26-18)20(24)22-11-14-5-7-17-19(9-14)28-12-27-17/h2-10H,11-12H2,1H3,(H,22,24)(H,23,25). The van der Waals surface area contributed by atoms with Crippen molar-refractivity contribution in [3.63, 3.8) is 0 Å². The first-order chi connectivity index (χ1) is 13.6. The highest BCUT2D eigenvalue weighted by Gasteiger charge is 2.15.